The molecule has 2 aliphatic carbocycles. The number of aliphatic hydroxyl groups excluding tert-OH is 1. The van der Waals surface area contributed by atoms with Gasteiger partial charge >= 0.3 is 0 Å². The number of hydrogen-bond acceptors (Lipinski definition) is 5. The summed E-state index contributed by atoms with van der Waals surface area (Å²) in [6, 6.07) is 9.74. The lowest BCUT2D eigenvalue weighted by Gasteiger charge is -2.25. The number of hydrogen-bond donors (Lipinski definition) is 1. The number of benzene rings is 1. The van der Waals surface area contributed by atoms with Gasteiger partial charge in [-0.3, -0.25) is 4.57 Å². The predicted molar refractivity (Wildman–Crippen MR) is 98.8 cm³/mol. The molecule has 0 saturated heterocycles. The van der Waals surface area contributed by atoms with E-state index in [1.807, 2.05) is 34.9 Å². The van der Waals surface area contributed by atoms with E-state index < -0.39 is 9.84 Å². The van der Waals surface area contributed by atoms with Gasteiger partial charge in [0.15, 0.2) is 15.7 Å². The van der Waals surface area contributed by atoms with Crippen LogP contribution in [0.15, 0.2) is 30.3 Å². The first-order valence-corrected chi connectivity index (χ1v) is 11.2. The van der Waals surface area contributed by atoms with Gasteiger partial charge in [0, 0.05) is 11.6 Å². The summed E-state index contributed by atoms with van der Waals surface area (Å²) in [4.78, 5) is 0. The minimum Gasteiger partial charge on any atom is -0.393 e. The van der Waals surface area contributed by atoms with Gasteiger partial charge in [0.1, 0.15) is 11.6 Å². The Morgan fingerprint density at radius 2 is 1.85 bits per heavy atom. The van der Waals surface area contributed by atoms with Crippen molar-refractivity contribution >= 4 is 9.84 Å². The van der Waals surface area contributed by atoms with Gasteiger partial charge in [-0.05, 0) is 50.2 Å². The molecule has 0 aliphatic heterocycles. The maximum absolute atomic E-state index is 12.8. The van der Waals surface area contributed by atoms with Crippen LogP contribution in [0.2, 0.25) is 0 Å². The van der Waals surface area contributed by atoms with E-state index in [2.05, 4.69) is 10.2 Å². The smallest absolute Gasteiger partial charge is 0.157 e. The van der Waals surface area contributed by atoms with Gasteiger partial charge < -0.3 is 5.11 Å². The fourth-order valence-corrected chi connectivity index (χ4v) is 5.64. The standard InChI is InChI=1S/C19H25N3O3S/c23-17-8-4-5-14(11-17)12-26(24,25)13-18-20-21-19(15-9-10-15)22(18)16-6-2-1-3-7-16/h1-3,6-7,14-15,17,23H,4-5,8-13H2. The normalized spacial score (nSPS) is 23.9. The number of sulfone groups is 1. The van der Waals surface area contributed by atoms with Crippen LogP contribution < -0.4 is 0 Å². The largest absolute Gasteiger partial charge is 0.393 e. The first-order chi connectivity index (χ1) is 12.5. The molecule has 1 aromatic carbocycles. The second-order valence-electron chi connectivity index (χ2n) is 7.66. The quantitative estimate of drug-likeness (QED) is 0.839. The Hall–Kier alpha value is -1.73. The molecule has 7 heteroatoms. The highest BCUT2D eigenvalue weighted by atomic mass is 32.2. The Balaban J connectivity index is 1.58. The highest BCUT2D eigenvalue weighted by Crippen LogP contribution is 2.40. The average Bonchev–Trinajstić information content (AvgIpc) is 3.36. The fourth-order valence-electron chi connectivity index (χ4n) is 3.92. The number of aliphatic hydroxyl groups is 1. The van der Waals surface area contributed by atoms with Crippen molar-refractivity contribution in [2.45, 2.75) is 56.3 Å². The van der Waals surface area contributed by atoms with E-state index in [-0.39, 0.29) is 23.5 Å². The van der Waals surface area contributed by atoms with Crippen LogP contribution in [0.25, 0.3) is 5.69 Å². The van der Waals surface area contributed by atoms with Crippen molar-refractivity contribution in [2.24, 2.45) is 5.92 Å². The Morgan fingerprint density at radius 3 is 2.54 bits per heavy atom. The predicted octanol–water partition coefficient (Wildman–Crippen LogP) is 2.61. The molecular formula is C19H25N3O3S. The van der Waals surface area contributed by atoms with Crippen LogP contribution in [0.5, 0.6) is 0 Å². The van der Waals surface area contributed by atoms with E-state index in [1.54, 1.807) is 0 Å². The number of nitrogens with zero attached hydrogens (tertiary/aromatic N) is 3. The molecular weight excluding hydrogens is 350 g/mol. The molecule has 140 valence electrons. The van der Waals surface area contributed by atoms with Crippen LogP contribution in [0.1, 0.15) is 56.1 Å². The molecule has 1 heterocycles. The van der Waals surface area contributed by atoms with E-state index in [1.165, 1.54) is 0 Å². The fraction of sp³-hybridized carbons (Fsp3) is 0.579. The van der Waals surface area contributed by atoms with Gasteiger partial charge in [-0.25, -0.2) is 8.42 Å². The number of aromatic nitrogens is 3. The molecule has 26 heavy (non-hydrogen) atoms. The molecule has 2 fully saturated rings. The first kappa shape index (κ1) is 17.7. The zero-order valence-corrected chi connectivity index (χ0v) is 15.6. The lowest BCUT2D eigenvalue weighted by atomic mass is 9.89. The Bertz CT molecular complexity index is 859. The zero-order chi connectivity index (χ0) is 18.1. The molecule has 6 nitrogen and oxygen atoms in total. The van der Waals surface area contributed by atoms with Crippen molar-refractivity contribution in [3.05, 3.63) is 42.0 Å². The highest BCUT2D eigenvalue weighted by molar-refractivity contribution is 7.90. The molecule has 4 rings (SSSR count). The SMILES string of the molecule is O=S(=O)(Cc1nnc(C2CC2)n1-c1ccccc1)CC1CCCC(O)C1. The van der Waals surface area contributed by atoms with Gasteiger partial charge in [0.05, 0.1) is 11.9 Å². The summed E-state index contributed by atoms with van der Waals surface area (Å²) in [6.45, 7) is 0. The third kappa shape index (κ3) is 3.99. The van der Waals surface area contributed by atoms with Gasteiger partial charge in [0.2, 0.25) is 0 Å². The summed E-state index contributed by atoms with van der Waals surface area (Å²) in [5.74, 6) is 1.80. The molecule has 0 radical (unpaired) electrons. The van der Waals surface area contributed by atoms with Crippen molar-refractivity contribution < 1.29 is 13.5 Å². The van der Waals surface area contributed by atoms with E-state index in [4.69, 9.17) is 0 Å². The Kier molecular flexibility index (Phi) is 4.84. The van der Waals surface area contributed by atoms with E-state index >= 15 is 0 Å². The molecule has 2 aromatic rings. The van der Waals surface area contributed by atoms with Crippen molar-refractivity contribution in [3.63, 3.8) is 0 Å². The second kappa shape index (κ2) is 7.12. The first-order valence-electron chi connectivity index (χ1n) is 9.40. The van der Waals surface area contributed by atoms with Gasteiger partial charge in [-0.2, -0.15) is 0 Å². The minimum absolute atomic E-state index is 0.0414. The van der Waals surface area contributed by atoms with Gasteiger partial charge in [-0.1, -0.05) is 24.6 Å². The van der Waals surface area contributed by atoms with E-state index in [0.717, 1.165) is 43.6 Å². The summed E-state index contributed by atoms with van der Waals surface area (Å²) in [7, 11) is -3.31. The second-order valence-corrected chi connectivity index (χ2v) is 9.77. The van der Waals surface area contributed by atoms with Gasteiger partial charge in [-0.15, -0.1) is 10.2 Å². The lowest BCUT2D eigenvalue weighted by Crippen LogP contribution is -2.26. The minimum atomic E-state index is -3.31. The molecule has 0 amide bonds. The topological polar surface area (TPSA) is 85.1 Å². The lowest BCUT2D eigenvalue weighted by molar-refractivity contribution is 0.107. The van der Waals surface area contributed by atoms with Crippen LogP contribution in [0.3, 0.4) is 0 Å². The molecule has 2 aliphatic rings. The molecule has 2 atom stereocenters. The molecule has 0 spiro atoms. The van der Waals surface area contributed by atoms with Crippen molar-refractivity contribution in [2.75, 3.05) is 5.75 Å². The third-order valence-electron chi connectivity index (χ3n) is 5.31. The summed E-state index contributed by atoms with van der Waals surface area (Å²) < 4.78 is 27.5. The highest BCUT2D eigenvalue weighted by Gasteiger charge is 2.32. The molecule has 1 N–H and O–H groups in total. The van der Waals surface area contributed by atoms with Crippen molar-refractivity contribution in [1.29, 1.82) is 0 Å². The Morgan fingerprint density at radius 1 is 1.08 bits per heavy atom. The van der Waals surface area contributed by atoms with Crippen LogP contribution in [0, 0.1) is 5.92 Å². The molecule has 2 unspecified atom stereocenters. The van der Waals surface area contributed by atoms with Crippen LogP contribution in [-0.2, 0) is 15.6 Å². The molecule has 2 saturated carbocycles. The van der Waals surface area contributed by atoms with Crippen LogP contribution in [-0.4, -0.2) is 40.1 Å². The van der Waals surface area contributed by atoms with Crippen LogP contribution in [0.4, 0.5) is 0 Å². The summed E-state index contributed by atoms with van der Waals surface area (Å²) in [6.07, 6.45) is 4.93. The average molecular weight is 375 g/mol. The Labute approximate surface area is 154 Å². The van der Waals surface area contributed by atoms with E-state index in [9.17, 15) is 13.5 Å². The number of para-hydroxylation sites is 1. The van der Waals surface area contributed by atoms with Crippen molar-refractivity contribution in [3.8, 4) is 5.69 Å². The summed E-state index contributed by atoms with van der Waals surface area (Å²) >= 11 is 0. The van der Waals surface area contributed by atoms with Crippen LogP contribution >= 0.6 is 0 Å². The monoisotopic (exact) mass is 375 g/mol. The summed E-state index contributed by atoms with van der Waals surface area (Å²) in [5, 5.41) is 18.3. The molecule has 0 bridgehead atoms. The van der Waals surface area contributed by atoms with Crippen molar-refractivity contribution in [1.82, 2.24) is 14.8 Å². The van der Waals surface area contributed by atoms with E-state index in [0.29, 0.717) is 18.2 Å². The maximum atomic E-state index is 12.8. The van der Waals surface area contributed by atoms with Gasteiger partial charge in [0.25, 0.3) is 0 Å². The maximum Gasteiger partial charge on any atom is 0.157 e. The number of rotatable bonds is 6. The molecule has 1 aromatic heterocycles. The third-order valence-corrected chi connectivity index (χ3v) is 6.98. The summed E-state index contributed by atoms with van der Waals surface area (Å²) in [5.41, 5.74) is 0.915. The zero-order valence-electron chi connectivity index (χ0n) is 14.8.